The number of amides is 1. The lowest BCUT2D eigenvalue weighted by atomic mass is 10.1. The van der Waals surface area contributed by atoms with Gasteiger partial charge in [-0.3, -0.25) is 9.89 Å². The lowest BCUT2D eigenvalue weighted by molar-refractivity contribution is -0.0885. The highest BCUT2D eigenvalue weighted by Gasteiger charge is 2.34. The number of hydrogen-bond acceptors (Lipinski definition) is 7. The van der Waals surface area contributed by atoms with Crippen molar-refractivity contribution in [1.82, 2.24) is 24.2 Å². The van der Waals surface area contributed by atoms with Gasteiger partial charge < -0.3 is 4.74 Å². The molecule has 0 unspecified atom stereocenters. The molecule has 4 aromatic rings. The molecule has 2 aromatic heterocycles. The van der Waals surface area contributed by atoms with E-state index >= 15 is 0 Å². The van der Waals surface area contributed by atoms with Gasteiger partial charge in [-0.25, -0.2) is 10.0 Å². The zero-order valence-electron chi connectivity index (χ0n) is 23.7. The van der Waals surface area contributed by atoms with E-state index in [2.05, 4.69) is 26.8 Å². The number of nitrogens with zero attached hydrogens (tertiary/aromatic N) is 4. The summed E-state index contributed by atoms with van der Waals surface area (Å²) in [6, 6.07) is 15.9. The van der Waals surface area contributed by atoms with Gasteiger partial charge in [0.2, 0.25) is 0 Å². The second-order valence-corrected chi connectivity index (χ2v) is 14.4. The van der Waals surface area contributed by atoms with Crippen molar-refractivity contribution < 1.29 is 17.9 Å². The van der Waals surface area contributed by atoms with E-state index in [0.29, 0.717) is 45.1 Å². The Kier molecular flexibility index (Phi) is 9.82. The molecule has 15 heteroatoms. The fourth-order valence-corrected chi connectivity index (χ4v) is 7.34. The number of halogens is 3. The van der Waals surface area contributed by atoms with Gasteiger partial charge in [0.15, 0.2) is 5.69 Å². The molecule has 0 aliphatic carbocycles. The van der Waals surface area contributed by atoms with Crippen LogP contribution in [0.5, 0.6) is 0 Å². The molecule has 0 saturated carbocycles. The Bertz CT molecular complexity index is 1870. The van der Waals surface area contributed by atoms with Crippen LogP contribution in [0.2, 0.25) is 15.1 Å². The number of nitrogens with one attached hydrogen (secondary N) is 2. The minimum atomic E-state index is -3.87. The molecule has 1 amide bonds. The van der Waals surface area contributed by atoms with E-state index in [1.807, 2.05) is 29.3 Å². The van der Waals surface area contributed by atoms with Gasteiger partial charge in [0.05, 0.1) is 26.2 Å². The van der Waals surface area contributed by atoms with Gasteiger partial charge >= 0.3 is 0 Å². The molecular weight excluding hydrogens is 679 g/mol. The molecule has 2 saturated heterocycles. The number of benzene rings is 2. The van der Waals surface area contributed by atoms with Gasteiger partial charge in [-0.05, 0) is 67.4 Å². The molecule has 2 fully saturated rings. The number of hydrogen-bond donors (Lipinski definition) is 2. The molecule has 45 heavy (non-hydrogen) atoms. The van der Waals surface area contributed by atoms with Crippen molar-refractivity contribution in [1.29, 1.82) is 0 Å². The lowest BCUT2D eigenvalue weighted by Gasteiger charge is -2.37. The molecule has 234 valence electrons. The summed E-state index contributed by atoms with van der Waals surface area (Å²) < 4.78 is 34.6. The largest absolute Gasteiger partial charge is 0.348 e. The predicted molar refractivity (Wildman–Crippen MR) is 176 cm³/mol. The van der Waals surface area contributed by atoms with Crippen LogP contribution < -0.4 is 9.73 Å². The van der Waals surface area contributed by atoms with Crippen molar-refractivity contribution in [2.75, 3.05) is 31.6 Å². The van der Waals surface area contributed by atoms with E-state index in [4.69, 9.17) is 39.5 Å². The van der Waals surface area contributed by atoms with Crippen LogP contribution in [0.4, 0.5) is 5.69 Å². The SMILES string of the molecule is O=C(c1n[nH]c(-c2ccc(C#Cc3ccc(Cl)cc3)s2)c1CNS(=O)(=O)N1COC1)N(c1ccc(Cl)cc1Cl)N1CCCCC1. The van der Waals surface area contributed by atoms with Gasteiger partial charge in [-0.15, -0.1) is 15.6 Å². The first kappa shape index (κ1) is 32.0. The van der Waals surface area contributed by atoms with Gasteiger partial charge in [-0.2, -0.15) is 18.2 Å². The molecule has 2 aromatic carbocycles. The highest BCUT2D eigenvalue weighted by atomic mass is 35.5. The quantitative estimate of drug-likeness (QED) is 0.214. The van der Waals surface area contributed by atoms with E-state index in [0.717, 1.165) is 38.9 Å². The molecule has 2 N–H and O–H groups in total. The maximum Gasteiger partial charge on any atom is 0.293 e. The van der Waals surface area contributed by atoms with E-state index in [1.165, 1.54) is 16.3 Å². The van der Waals surface area contributed by atoms with Gasteiger partial charge in [0, 0.05) is 40.8 Å². The van der Waals surface area contributed by atoms with E-state index in [9.17, 15) is 13.2 Å². The number of ether oxygens (including phenoxy) is 1. The van der Waals surface area contributed by atoms with Gasteiger partial charge in [0.25, 0.3) is 16.1 Å². The Morgan fingerprint density at radius 2 is 1.73 bits per heavy atom. The first-order valence-corrected chi connectivity index (χ1v) is 17.4. The summed E-state index contributed by atoms with van der Waals surface area (Å²) in [5.74, 6) is 5.82. The van der Waals surface area contributed by atoms with Crippen molar-refractivity contribution in [3.05, 3.63) is 91.4 Å². The summed E-state index contributed by atoms with van der Waals surface area (Å²) in [6.07, 6.45) is 2.86. The van der Waals surface area contributed by atoms with Gasteiger partial charge in [-0.1, -0.05) is 53.1 Å². The molecule has 2 aliphatic heterocycles. The third-order valence-electron chi connectivity index (χ3n) is 7.28. The Morgan fingerprint density at radius 3 is 2.42 bits per heavy atom. The number of anilines is 1. The first-order chi connectivity index (χ1) is 21.7. The highest BCUT2D eigenvalue weighted by molar-refractivity contribution is 7.87. The van der Waals surface area contributed by atoms with Crippen LogP contribution in [-0.2, 0) is 21.5 Å². The average Bonchev–Trinajstić information content (AvgIpc) is 3.63. The molecule has 0 radical (unpaired) electrons. The third-order valence-corrected chi connectivity index (χ3v) is 10.5. The van der Waals surface area contributed by atoms with Crippen LogP contribution in [0, 0.1) is 11.8 Å². The maximum atomic E-state index is 14.4. The number of carbonyl (C=O) groups excluding carboxylic acids is 1. The van der Waals surface area contributed by atoms with E-state index in [1.54, 1.807) is 30.3 Å². The molecule has 0 bridgehead atoms. The van der Waals surface area contributed by atoms with Crippen LogP contribution in [0.3, 0.4) is 0 Å². The topological polar surface area (TPSA) is 111 Å². The fourth-order valence-electron chi connectivity index (χ4n) is 4.90. The maximum absolute atomic E-state index is 14.4. The molecule has 0 atom stereocenters. The third kappa shape index (κ3) is 7.23. The van der Waals surface area contributed by atoms with E-state index in [-0.39, 0.29) is 25.7 Å². The van der Waals surface area contributed by atoms with Crippen molar-refractivity contribution in [3.63, 3.8) is 0 Å². The summed E-state index contributed by atoms with van der Waals surface area (Å²) in [5.41, 5.74) is 2.22. The van der Waals surface area contributed by atoms with Crippen LogP contribution in [0.25, 0.3) is 10.6 Å². The number of rotatable bonds is 8. The standard InChI is InChI=1S/C30H27Cl3N6O4S2/c31-21-7-4-20(5-8-21)6-10-23-11-13-27(44-23)28-24(17-34-45(41,42)38-18-43-19-38)29(36-35-28)30(40)39(37-14-2-1-3-15-37)26-12-9-22(32)16-25(26)33/h4-5,7-9,11-13,16,34H,1-3,14-15,17-19H2,(H,35,36). The number of piperidine rings is 1. The number of aromatic amines is 1. The van der Waals surface area contributed by atoms with Crippen molar-refractivity contribution in [2.45, 2.75) is 25.8 Å². The molecule has 6 rings (SSSR count). The average molecular weight is 706 g/mol. The summed E-state index contributed by atoms with van der Waals surface area (Å²) in [7, 11) is -3.87. The minimum absolute atomic E-state index is 0.0439. The molecule has 4 heterocycles. The molecular formula is C30H27Cl3N6O4S2. The minimum Gasteiger partial charge on any atom is -0.348 e. The molecule has 10 nitrogen and oxygen atoms in total. The first-order valence-electron chi connectivity index (χ1n) is 14.0. The second kappa shape index (κ2) is 13.8. The summed E-state index contributed by atoms with van der Waals surface area (Å²) in [6.45, 7) is 0.992. The Labute approximate surface area is 280 Å². The Balaban J connectivity index is 1.38. The van der Waals surface area contributed by atoms with Crippen LogP contribution in [-0.4, -0.2) is 60.4 Å². The summed E-state index contributed by atoms with van der Waals surface area (Å²) >= 11 is 20.2. The lowest BCUT2D eigenvalue weighted by Crippen LogP contribution is -2.50. The summed E-state index contributed by atoms with van der Waals surface area (Å²) in [4.78, 5) is 15.9. The smallest absolute Gasteiger partial charge is 0.293 e. The van der Waals surface area contributed by atoms with Crippen molar-refractivity contribution in [3.8, 4) is 22.4 Å². The van der Waals surface area contributed by atoms with Gasteiger partial charge in [0.1, 0.15) is 13.5 Å². The monoisotopic (exact) mass is 704 g/mol. The van der Waals surface area contributed by atoms with Crippen molar-refractivity contribution in [2.24, 2.45) is 0 Å². The van der Waals surface area contributed by atoms with Crippen molar-refractivity contribution >= 4 is 67.9 Å². The number of thiophene rings is 1. The second-order valence-electron chi connectivity index (χ2n) is 10.3. The molecule has 2 aliphatic rings. The van der Waals surface area contributed by atoms with Crippen LogP contribution in [0.1, 0.15) is 45.8 Å². The summed E-state index contributed by atoms with van der Waals surface area (Å²) in [5, 5.41) is 12.3. The Hall–Kier alpha value is -2.96. The van der Waals surface area contributed by atoms with Crippen LogP contribution >= 0.6 is 46.1 Å². The van der Waals surface area contributed by atoms with Crippen LogP contribution in [0.15, 0.2) is 54.6 Å². The molecule has 0 spiro atoms. The van der Waals surface area contributed by atoms with E-state index < -0.39 is 16.1 Å². The Morgan fingerprint density at radius 1 is 1.00 bits per heavy atom. The number of H-pyrrole nitrogens is 1. The highest BCUT2D eigenvalue weighted by Crippen LogP contribution is 2.35. The number of aromatic nitrogens is 2. The fraction of sp³-hybridized carbons (Fsp3) is 0.267. The zero-order valence-corrected chi connectivity index (χ0v) is 27.6. The number of carbonyl (C=O) groups is 1. The normalized spacial score (nSPS) is 15.7. The zero-order chi connectivity index (χ0) is 31.6. The predicted octanol–water partition coefficient (Wildman–Crippen LogP) is 6.13. The number of hydrazine groups is 1.